The highest BCUT2D eigenvalue weighted by molar-refractivity contribution is 5.74. The van der Waals surface area contributed by atoms with Crippen molar-refractivity contribution in [2.45, 2.75) is 57.2 Å². The van der Waals surface area contributed by atoms with Crippen LogP contribution < -0.4 is 5.73 Å². The fraction of sp³-hybridized carbons (Fsp3) is 0.900. The van der Waals surface area contributed by atoms with Gasteiger partial charge in [-0.25, -0.2) is 0 Å². The second-order valence-corrected chi connectivity index (χ2v) is 4.13. The maximum absolute atomic E-state index is 10.1. The van der Waals surface area contributed by atoms with Crippen molar-refractivity contribution in [1.29, 1.82) is 0 Å². The molecule has 1 aliphatic carbocycles. The molecule has 0 aliphatic heterocycles. The van der Waals surface area contributed by atoms with Gasteiger partial charge in [0.1, 0.15) is 0 Å². The SMILES string of the molecule is CC(O)[C@H](N=[N+]=[N-])C(=O)O.NC1CCCCC1. The Morgan fingerprint density at radius 2 is 2.00 bits per heavy atom. The Balaban J connectivity index is 0.000000318. The molecule has 1 fully saturated rings. The van der Waals surface area contributed by atoms with Crippen molar-refractivity contribution >= 4 is 5.97 Å². The number of aliphatic hydroxyl groups is 1. The van der Waals surface area contributed by atoms with E-state index in [0.717, 1.165) is 0 Å². The van der Waals surface area contributed by atoms with Gasteiger partial charge in [0, 0.05) is 11.0 Å². The summed E-state index contributed by atoms with van der Waals surface area (Å²) in [6, 6.07) is -0.848. The molecule has 0 aromatic heterocycles. The van der Waals surface area contributed by atoms with Crippen molar-refractivity contribution in [3.63, 3.8) is 0 Å². The predicted octanol–water partition coefficient (Wildman–Crippen LogP) is 1.41. The summed E-state index contributed by atoms with van der Waals surface area (Å²) in [5.41, 5.74) is 13.5. The van der Waals surface area contributed by atoms with E-state index in [2.05, 4.69) is 10.0 Å². The van der Waals surface area contributed by atoms with Gasteiger partial charge in [-0.15, -0.1) is 0 Å². The summed E-state index contributed by atoms with van der Waals surface area (Å²) in [5, 5.41) is 19.8. The monoisotopic (exact) mass is 244 g/mol. The number of rotatable bonds is 3. The van der Waals surface area contributed by atoms with Crippen molar-refractivity contribution in [3.8, 4) is 0 Å². The van der Waals surface area contributed by atoms with Crippen LogP contribution in [-0.4, -0.2) is 34.4 Å². The molecular formula is C10H20N4O3. The van der Waals surface area contributed by atoms with Crippen LogP contribution in [0.2, 0.25) is 0 Å². The zero-order chi connectivity index (χ0) is 13.3. The van der Waals surface area contributed by atoms with Gasteiger partial charge in [0.15, 0.2) is 6.04 Å². The lowest BCUT2D eigenvalue weighted by molar-refractivity contribution is -0.140. The van der Waals surface area contributed by atoms with Crippen LogP contribution in [0.1, 0.15) is 39.0 Å². The second kappa shape index (κ2) is 8.81. The number of carboxylic acids is 1. The molecule has 2 atom stereocenters. The van der Waals surface area contributed by atoms with E-state index < -0.39 is 18.1 Å². The first-order valence-electron chi connectivity index (χ1n) is 5.69. The minimum atomic E-state index is -1.38. The van der Waals surface area contributed by atoms with Crippen LogP contribution in [0.3, 0.4) is 0 Å². The lowest BCUT2D eigenvalue weighted by atomic mass is 9.97. The maximum Gasteiger partial charge on any atom is 0.315 e. The normalized spacial score (nSPS) is 19.2. The second-order valence-electron chi connectivity index (χ2n) is 4.13. The Hall–Kier alpha value is -1.30. The number of azide groups is 1. The number of nitrogens with two attached hydrogens (primary N) is 1. The summed E-state index contributed by atoms with van der Waals surface area (Å²) in [6.45, 7) is 1.24. The van der Waals surface area contributed by atoms with Gasteiger partial charge in [-0.3, -0.25) is 4.79 Å². The minimum absolute atomic E-state index is 0.536. The third kappa shape index (κ3) is 7.57. The third-order valence-electron chi connectivity index (χ3n) is 2.54. The summed E-state index contributed by atoms with van der Waals surface area (Å²) >= 11 is 0. The molecule has 0 spiro atoms. The molecule has 7 heteroatoms. The number of aliphatic carboxylic acids is 1. The number of hydrogen-bond donors (Lipinski definition) is 3. The highest BCUT2D eigenvalue weighted by Gasteiger charge is 2.20. The van der Waals surface area contributed by atoms with E-state index in [1.165, 1.54) is 39.0 Å². The molecule has 1 saturated carbocycles. The number of aliphatic hydroxyl groups excluding tert-OH is 1. The van der Waals surface area contributed by atoms with E-state index in [1.807, 2.05) is 0 Å². The van der Waals surface area contributed by atoms with Gasteiger partial charge >= 0.3 is 5.97 Å². The highest BCUT2D eigenvalue weighted by Crippen LogP contribution is 2.14. The Bertz CT molecular complexity index is 269. The van der Waals surface area contributed by atoms with E-state index in [1.54, 1.807) is 0 Å². The Labute approximate surface area is 100 Å². The van der Waals surface area contributed by atoms with Crippen LogP contribution in [0.5, 0.6) is 0 Å². The van der Waals surface area contributed by atoms with Crippen LogP contribution in [-0.2, 0) is 4.79 Å². The summed E-state index contributed by atoms with van der Waals surface area (Å²) in [6.07, 6.45) is 5.50. The number of carbonyl (C=O) groups is 1. The highest BCUT2D eigenvalue weighted by atomic mass is 16.4. The van der Waals surface area contributed by atoms with Crippen LogP contribution in [0.15, 0.2) is 5.11 Å². The molecule has 0 heterocycles. The third-order valence-corrected chi connectivity index (χ3v) is 2.54. The molecule has 0 amide bonds. The average molecular weight is 244 g/mol. The van der Waals surface area contributed by atoms with Crippen molar-refractivity contribution in [1.82, 2.24) is 0 Å². The standard InChI is InChI=1S/C6H13N.C4H7N3O3/c7-6-4-2-1-3-5-6;1-2(8)3(4(9)10)6-7-5/h6H,1-5,7H2;2-3,8H,1H3,(H,9,10)/t;2?,3-/m.0/s1. The van der Waals surface area contributed by atoms with Gasteiger partial charge in [-0.05, 0) is 25.3 Å². The molecule has 0 saturated heterocycles. The topological polar surface area (TPSA) is 132 Å². The number of nitrogens with zero attached hydrogens (tertiary/aromatic N) is 3. The zero-order valence-corrected chi connectivity index (χ0v) is 9.99. The average Bonchev–Trinajstić information content (AvgIpc) is 2.27. The lowest BCUT2D eigenvalue weighted by Crippen LogP contribution is -2.29. The number of carboxylic acid groups (broad SMARTS) is 1. The first kappa shape index (κ1) is 15.7. The molecule has 0 aromatic rings. The van der Waals surface area contributed by atoms with Gasteiger partial charge in [-0.2, -0.15) is 0 Å². The van der Waals surface area contributed by atoms with Crippen LogP contribution >= 0.6 is 0 Å². The first-order chi connectivity index (χ1) is 7.99. The van der Waals surface area contributed by atoms with Crippen LogP contribution in [0.4, 0.5) is 0 Å². The van der Waals surface area contributed by atoms with E-state index in [4.69, 9.17) is 21.5 Å². The van der Waals surface area contributed by atoms with Crippen molar-refractivity contribution < 1.29 is 15.0 Å². The summed E-state index contributed by atoms with van der Waals surface area (Å²) < 4.78 is 0. The van der Waals surface area contributed by atoms with Gasteiger partial charge in [-0.1, -0.05) is 24.4 Å². The molecule has 0 aromatic carbocycles. The van der Waals surface area contributed by atoms with Gasteiger partial charge in [0.05, 0.1) is 6.10 Å². The van der Waals surface area contributed by atoms with Crippen molar-refractivity contribution in [2.75, 3.05) is 0 Å². The van der Waals surface area contributed by atoms with E-state index >= 15 is 0 Å². The smallest absolute Gasteiger partial charge is 0.315 e. The predicted molar refractivity (Wildman–Crippen MR) is 63.3 cm³/mol. The minimum Gasteiger partial charge on any atom is -0.481 e. The van der Waals surface area contributed by atoms with E-state index in [-0.39, 0.29) is 0 Å². The Kier molecular flexibility index (Phi) is 8.13. The molecule has 17 heavy (non-hydrogen) atoms. The molecule has 98 valence electrons. The first-order valence-corrected chi connectivity index (χ1v) is 5.69. The van der Waals surface area contributed by atoms with Crippen LogP contribution in [0.25, 0.3) is 10.4 Å². The fourth-order valence-electron chi connectivity index (χ4n) is 1.54. The Morgan fingerprint density at radius 1 is 1.47 bits per heavy atom. The molecule has 1 aliphatic rings. The quantitative estimate of drug-likeness (QED) is 0.393. The summed E-state index contributed by atoms with van der Waals surface area (Å²) in [7, 11) is 0. The Morgan fingerprint density at radius 3 is 2.18 bits per heavy atom. The van der Waals surface area contributed by atoms with Gasteiger partial charge < -0.3 is 15.9 Å². The summed E-state index contributed by atoms with van der Waals surface area (Å²) in [4.78, 5) is 12.4. The molecular weight excluding hydrogens is 224 g/mol. The fourth-order valence-corrected chi connectivity index (χ4v) is 1.54. The molecule has 4 N–H and O–H groups in total. The lowest BCUT2D eigenvalue weighted by Gasteiger charge is -2.15. The number of hydrogen-bond acceptors (Lipinski definition) is 4. The molecule has 0 radical (unpaired) electrons. The zero-order valence-electron chi connectivity index (χ0n) is 9.99. The van der Waals surface area contributed by atoms with Crippen molar-refractivity contribution in [2.24, 2.45) is 10.8 Å². The molecule has 1 rings (SSSR count). The summed E-state index contributed by atoms with van der Waals surface area (Å²) in [5.74, 6) is -1.33. The van der Waals surface area contributed by atoms with E-state index in [9.17, 15) is 4.79 Å². The van der Waals surface area contributed by atoms with Crippen molar-refractivity contribution in [3.05, 3.63) is 10.4 Å². The van der Waals surface area contributed by atoms with Crippen LogP contribution in [0, 0.1) is 0 Å². The largest absolute Gasteiger partial charge is 0.481 e. The maximum atomic E-state index is 10.1. The molecule has 7 nitrogen and oxygen atoms in total. The van der Waals surface area contributed by atoms with E-state index in [0.29, 0.717) is 6.04 Å². The van der Waals surface area contributed by atoms with Gasteiger partial charge in [0.2, 0.25) is 0 Å². The molecule has 0 bridgehead atoms. The molecule has 1 unspecified atom stereocenters. The van der Waals surface area contributed by atoms with Gasteiger partial charge in [0.25, 0.3) is 0 Å².